The van der Waals surface area contributed by atoms with Crippen LogP contribution < -0.4 is 10.6 Å². The van der Waals surface area contributed by atoms with Gasteiger partial charge in [-0.1, -0.05) is 18.2 Å². The van der Waals surface area contributed by atoms with Gasteiger partial charge in [0, 0.05) is 41.4 Å². The number of rotatable bonds is 4. The molecule has 3 N–H and O–H groups in total. The first-order chi connectivity index (χ1) is 13.0. The van der Waals surface area contributed by atoms with Crippen LogP contribution in [0.3, 0.4) is 0 Å². The molecular weight excluding hydrogens is 375 g/mol. The van der Waals surface area contributed by atoms with Crippen LogP contribution in [0.1, 0.15) is 12.8 Å². The summed E-state index contributed by atoms with van der Waals surface area (Å²) in [6.45, 7) is 1.76. The molecule has 1 fully saturated rings. The smallest absolute Gasteiger partial charge is 0.360 e. The number of aromatic nitrogens is 3. The molecule has 5 nitrogen and oxygen atoms in total. The van der Waals surface area contributed by atoms with Crippen molar-refractivity contribution >= 4 is 28.6 Å². The number of fused-ring (bicyclic) bond motifs is 1. The molecule has 0 amide bonds. The monoisotopic (exact) mass is 393 g/mol. The highest BCUT2D eigenvalue weighted by Crippen LogP contribution is 2.42. The molecule has 1 aliphatic heterocycles. The summed E-state index contributed by atoms with van der Waals surface area (Å²) < 4.78 is 39.1. The Morgan fingerprint density at radius 3 is 2.85 bits per heavy atom. The lowest BCUT2D eigenvalue weighted by atomic mass is 10.1. The van der Waals surface area contributed by atoms with Gasteiger partial charge < -0.3 is 15.6 Å². The first-order valence-electron chi connectivity index (χ1n) is 8.66. The van der Waals surface area contributed by atoms with Gasteiger partial charge in [0.1, 0.15) is 0 Å². The van der Waals surface area contributed by atoms with E-state index in [1.165, 1.54) is 6.20 Å². The number of nitrogens with one attached hydrogen (secondary N) is 3. The van der Waals surface area contributed by atoms with Crippen molar-refractivity contribution in [3.05, 3.63) is 36.7 Å². The normalized spacial score (nSPS) is 18.0. The minimum Gasteiger partial charge on any atom is -0.360 e. The fourth-order valence-electron chi connectivity index (χ4n) is 3.26. The van der Waals surface area contributed by atoms with E-state index >= 15 is 0 Å². The Kier molecular flexibility index (Phi) is 4.96. The van der Waals surface area contributed by atoms with Crippen LogP contribution in [0.15, 0.2) is 41.6 Å². The van der Waals surface area contributed by atoms with Gasteiger partial charge in [-0.2, -0.15) is 13.2 Å². The molecule has 142 valence electrons. The summed E-state index contributed by atoms with van der Waals surface area (Å²) in [6.07, 6.45) is 4.95. The zero-order chi connectivity index (χ0) is 18.9. The number of halogens is 3. The molecule has 0 spiro atoms. The van der Waals surface area contributed by atoms with Gasteiger partial charge in [-0.3, -0.25) is 0 Å². The van der Waals surface area contributed by atoms with Crippen LogP contribution in [0.5, 0.6) is 0 Å². The highest BCUT2D eigenvalue weighted by molar-refractivity contribution is 8.00. The molecule has 1 aliphatic rings. The molecule has 1 atom stereocenters. The van der Waals surface area contributed by atoms with Crippen molar-refractivity contribution in [1.29, 1.82) is 0 Å². The number of anilines is 1. The number of alkyl halides is 3. The van der Waals surface area contributed by atoms with Gasteiger partial charge in [0.2, 0.25) is 5.95 Å². The van der Waals surface area contributed by atoms with Gasteiger partial charge >= 0.3 is 5.51 Å². The van der Waals surface area contributed by atoms with Crippen LogP contribution in [-0.2, 0) is 0 Å². The Bertz CT molecular complexity index is 934. The van der Waals surface area contributed by atoms with E-state index in [0.717, 1.165) is 36.8 Å². The lowest BCUT2D eigenvalue weighted by Gasteiger charge is -2.24. The minimum absolute atomic E-state index is 0.0143. The Hall–Kier alpha value is -2.26. The number of aromatic amines is 1. The van der Waals surface area contributed by atoms with Crippen LogP contribution in [0, 0.1) is 0 Å². The molecule has 0 saturated carbocycles. The number of nitrogens with zero attached hydrogens (tertiary/aromatic N) is 2. The van der Waals surface area contributed by atoms with E-state index in [0.29, 0.717) is 11.5 Å². The summed E-state index contributed by atoms with van der Waals surface area (Å²) in [6, 6.07) is 7.63. The highest BCUT2D eigenvalue weighted by Gasteiger charge is 2.32. The Labute approximate surface area is 158 Å². The van der Waals surface area contributed by atoms with Crippen LogP contribution in [-0.4, -0.2) is 39.6 Å². The zero-order valence-electron chi connectivity index (χ0n) is 14.3. The van der Waals surface area contributed by atoms with Gasteiger partial charge in [0.15, 0.2) is 0 Å². The number of hydrogen-bond acceptors (Lipinski definition) is 5. The van der Waals surface area contributed by atoms with Crippen molar-refractivity contribution in [1.82, 2.24) is 20.3 Å². The molecule has 27 heavy (non-hydrogen) atoms. The average Bonchev–Trinajstić information content (AvgIpc) is 3.07. The molecular formula is C18H18F3N5S. The summed E-state index contributed by atoms with van der Waals surface area (Å²) >= 11 is -0.190. The Morgan fingerprint density at radius 2 is 2.07 bits per heavy atom. The lowest BCUT2D eigenvalue weighted by molar-refractivity contribution is -0.0328. The van der Waals surface area contributed by atoms with Gasteiger partial charge in [0.25, 0.3) is 0 Å². The van der Waals surface area contributed by atoms with E-state index in [4.69, 9.17) is 0 Å². The molecule has 4 rings (SSSR count). The number of hydrogen-bond donors (Lipinski definition) is 3. The van der Waals surface area contributed by atoms with Gasteiger partial charge in [0.05, 0.1) is 10.6 Å². The van der Waals surface area contributed by atoms with Crippen LogP contribution >= 0.6 is 11.8 Å². The van der Waals surface area contributed by atoms with Crippen LogP contribution in [0.4, 0.5) is 19.1 Å². The third-order valence-electron chi connectivity index (χ3n) is 4.46. The fourth-order valence-corrected chi connectivity index (χ4v) is 3.86. The third kappa shape index (κ3) is 4.19. The van der Waals surface area contributed by atoms with Crippen molar-refractivity contribution in [2.24, 2.45) is 0 Å². The van der Waals surface area contributed by atoms with Crippen LogP contribution in [0.2, 0.25) is 0 Å². The maximum atomic E-state index is 13.0. The maximum absolute atomic E-state index is 13.0. The highest BCUT2D eigenvalue weighted by atomic mass is 32.2. The predicted octanol–water partition coefficient (Wildman–Crippen LogP) is 4.40. The minimum atomic E-state index is -4.41. The molecule has 9 heteroatoms. The molecule has 1 aromatic carbocycles. The maximum Gasteiger partial charge on any atom is 0.446 e. The number of thioether (sulfide) groups is 1. The van der Waals surface area contributed by atoms with Gasteiger partial charge in [-0.15, -0.1) is 0 Å². The number of benzene rings is 1. The summed E-state index contributed by atoms with van der Waals surface area (Å²) in [5, 5.41) is 7.35. The van der Waals surface area contributed by atoms with E-state index in [1.54, 1.807) is 6.20 Å². The largest absolute Gasteiger partial charge is 0.446 e. The third-order valence-corrected chi connectivity index (χ3v) is 5.21. The predicted molar refractivity (Wildman–Crippen MR) is 101 cm³/mol. The van der Waals surface area contributed by atoms with Crippen molar-refractivity contribution in [2.75, 3.05) is 18.4 Å². The average molecular weight is 393 g/mol. The second-order valence-electron chi connectivity index (χ2n) is 6.39. The van der Waals surface area contributed by atoms with Crippen LogP contribution in [0.25, 0.3) is 22.2 Å². The van der Waals surface area contributed by atoms with Crippen molar-refractivity contribution in [3.8, 4) is 11.3 Å². The topological polar surface area (TPSA) is 65.6 Å². The van der Waals surface area contributed by atoms with E-state index in [9.17, 15) is 13.2 Å². The van der Waals surface area contributed by atoms with Crippen molar-refractivity contribution in [2.45, 2.75) is 29.3 Å². The molecule has 0 aliphatic carbocycles. The SMILES string of the molecule is FC(F)(F)Sc1cnc(N[C@H]2CCCNC2)nc1-c1c[nH]c2ccccc12. The summed E-state index contributed by atoms with van der Waals surface area (Å²) in [4.78, 5) is 11.7. The zero-order valence-corrected chi connectivity index (χ0v) is 15.1. The lowest BCUT2D eigenvalue weighted by Crippen LogP contribution is -2.38. The van der Waals surface area contributed by atoms with Gasteiger partial charge in [-0.05, 0) is 37.2 Å². The second-order valence-corrected chi connectivity index (χ2v) is 7.50. The molecule has 2 aromatic heterocycles. The first kappa shape index (κ1) is 18.1. The summed E-state index contributed by atoms with van der Waals surface area (Å²) in [7, 11) is 0. The fraction of sp³-hybridized carbons (Fsp3) is 0.333. The Morgan fingerprint density at radius 1 is 1.22 bits per heavy atom. The quantitative estimate of drug-likeness (QED) is 0.574. The number of H-pyrrole nitrogens is 1. The van der Waals surface area contributed by atoms with E-state index in [2.05, 4.69) is 25.6 Å². The molecule has 3 aromatic rings. The molecule has 0 unspecified atom stereocenters. The molecule has 0 bridgehead atoms. The molecule has 0 radical (unpaired) electrons. The van der Waals surface area contributed by atoms with Gasteiger partial charge in [-0.25, -0.2) is 9.97 Å². The van der Waals surface area contributed by atoms with E-state index < -0.39 is 5.51 Å². The second kappa shape index (κ2) is 7.40. The van der Waals surface area contributed by atoms with Crippen molar-refractivity contribution < 1.29 is 13.2 Å². The van der Waals surface area contributed by atoms with E-state index in [1.807, 2.05) is 24.3 Å². The summed E-state index contributed by atoms with van der Waals surface area (Å²) in [5.74, 6) is 0.343. The van der Waals surface area contributed by atoms with Crippen molar-refractivity contribution in [3.63, 3.8) is 0 Å². The first-order valence-corrected chi connectivity index (χ1v) is 9.48. The van der Waals surface area contributed by atoms with E-state index in [-0.39, 0.29) is 28.4 Å². The summed E-state index contributed by atoms with van der Waals surface area (Å²) in [5.41, 5.74) is -2.66. The number of piperidine rings is 1. The standard InChI is InChI=1S/C18H18F3N5S/c19-18(20,21)27-15-10-24-17(25-11-4-3-7-22-8-11)26-16(15)13-9-23-14-6-2-1-5-12(13)14/h1-2,5-6,9-11,22-23H,3-4,7-8H2,(H,24,25,26)/t11-/m0/s1. The molecule has 3 heterocycles. The number of para-hydroxylation sites is 1. The Balaban J connectivity index is 1.74. The molecule has 1 saturated heterocycles.